The number of hydrogen-bond acceptors (Lipinski definition) is 6. The summed E-state index contributed by atoms with van der Waals surface area (Å²) in [6.07, 6.45) is 51.8. The molecule has 3 unspecified atom stereocenters. The van der Waals surface area contributed by atoms with Gasteiger partial charge in [-0.05, 0) is 90.6 Å². The standard InChI is InChI=1S/C55H108N4O3S/c1-4-7-10-13-16-19-22-25-28-35-43-58(44-36-29-26-23-20-17-14-11-8-5-2)47-40-48-59(45-37-30-27-24-21-18-15-12-9-6-3)46-38-31-32-39-49-62-53(60)42-34-33-41-52-54-51(50-63-52)56-55(61)57-54/h51-52,54H,4-50H2,1-3H3,(H2,56,57,61). The molecule has 0 spiro atoms. The van der Waals surface area contributed by atoms with Crippen LogP contribution in [-0.4, -0.2) is 90.8 Å². The largest absolute Gasteiger partial charge is 0.466 e. The Labute approximate surface area is 397 Å². The minimum Gasteiger partial charge on any atom is -0.466 e. The second-order valence-electron chi connectivity index (χ2n) is 20.1. The molecule has 2 fully saturated rings. The topological polar surface area (TPSA) is 73.9 Å². The van der Waals surface area contributed by atoms with Crippen LogP contribution in [0, 0.1) is 0 Å². The van der Waals surface area contributed by atoms with Gasteiger partial charge in [0.25, 0.3) is 0 Å². The highest BCUT2D eigenvalue weighted by atomic mass is 32.2. The van der Waals surface area contributed by atoms with Crippen LogP contribution in [0.25, 0.3) is 0 Å². The van der Waals surface area contributed by atoms with Crippen molar-refractivity contribution < 1.29 is 14.3 Å². The lowest BCUT2D eigenvalue weighted by Crippen LogP contribution is -2.36. The van der Waals surface area contributed by atoms with Gasteiger partial charge in [0.1, 0.15) is 0 Å². The predicted octanol–water partition coefficient (Wildman–Crippen LogP) is 15.6. The Morgan fingerprint density at radius 2 is 0.841 bits per heavy atom. The first-order chi connectivity index (χ1) is 31.1. The molecule has 7 nitrogen and oxygen atoms in total. The number of nitrogens with one attached hydrogen (secondary N) is 2. The maximum atomic E-state index is 12.4. The number of urea groups is 1. The lowest BCUT2D eigenvalue weighted by molar-refractivity contribution is -0.143. The van der Waals surface area contributed by atoms with Crippen molar-refractivity contribution >= 4 is 23.8 Å². The van der Waals surface area contributed by atoms with E-state index in [1.54, 1.807) is 0 Å². The van der Waals surface area contributed by atoms with Crippen LogP contribution in [0.5, 0.6) is 0 Å². The van der Waals surface area contributed by atoms with Crippen molar-refractivity contribution in [3.8, 4) is 0 Å². The molecule has 2 saturated heterocycles. The van der Waals surface area contributed by atoms with Crippen LogP contribution in [-0.2, 0) is 9.53 Å². The molecule has 2 N–H and O–H groups in total. The third kappa shape index (κ3) is 34.0. The number of ether oxygens (including phenoxy) is 1. The van der Waals surface area contributed by atoms with Crippen LogP contribution in [0.2, 0.25) is 0 Å². The van der Waals surface area contributed by atoms with Crippen molar-refractivity contribution in [2.24, 2.45) is 0 Å². The zero-order valence-corrected chi connectivity index (χ0v) is 43.3. The quantitative estimate of drug-likeness (QED) is 0.0360. The van der Waals surface area contributed by atoms with E-state index < -0.39 is 0 Å². The van der Waals surface area contributed by atoms with Gasteiger partial charge >= 0.3 is 12.0 Å². The molecule has 0 aromatic rings. The summed E-state index contributed by atoms with van der Waals surface area (Å²) in [6.45, 7) is 15.1. The molecule has 3 atom stereocenters. The lowest BCUT2D eigenvalue weighted by Gasteiger charge is -2.26. The van der Waals surface area contributed by atoms with Crippen molar-refractivity contribution in [3.63, 3.8) is 0 Å². The van der Waals surface area contributed by atoms with E-state index in [0.717, 1.165) is 37.9 Å². The van der Waals surface area contributed by atoms with Gasteiger partial charge in [-0.2, -0.15) is 11.8 Å². The number of unbranched alkanes of at least 4 members (excludes halogenated alkanes) is 31. The molecule has 2 heterocycles. The van der Waals surface area contributed by atoms with Gasteiger partial charge in [-0.25, -0.2) is 4.79 Å². The fraction of sp³-hybridized carbons (Fsp3) is 0.964. The lowest BCUT2D eigenvalue weighted by atomic mass is 10.0. The highest BCUT2D eigenvalue weighted by molar-refractivity contribution is 8.00. The first-order valence-electron chi connectivity index (χ1n) is 28.4. The average molecular weight is 906 g/mol. The molecule has 0 aromatic carbocycles. The molecule has 372 valence electrons. The molecule has 2 aliphatic heterocycles. The van der Waals surface area contributed by atoms with Crippen molar-refractivity contribution in [1.29, 1.82) is 0 Å². The Morgan fingerprint density at radius 1 is 0.476 bits per heavy atom. The molecule has 0 saturated carbocycles. The summed E-state index contributed by atoms with van der Waals surface area (Å²) in [6, 6.07) is 0.496. The van der Waals surface area contributed by atoms with Crippen LogP contribution < -0.4 is 10.6 Å². The normalized spacial score (nSPS) is 17.2. The minimum absolute atomic E-state index is 0.0259. The third-order valence-electron chi connectivity index (χ3n) is 14.1. The van der Waals surface area contributed by atoms with Crippen molar-refractivity contribution in [1.82, 2.24) is 20.4 Å². The second-order valence-corrected chi connectivity index (χ2v) is 21.4. The van der Waals surface area contributed by atoms with Crippen LogP contribution in [0.15, 0.2) is 0 Å². The van der Waals surface area contributed by atoms with E-state index in [-0.39, 0.29) is 24.1 Å². The molecular formula is C55H108N4O3S. The van der Waals surface area contributed by atoms with E-state index in [2.05, 4.69) is 41.2 Å². The highest BCUT2D eigenvalue weighted by Crippen LogP contribution is 2.33. The maximum Gasteiger partial charge on any atom is 0.315 e. The Balaban J connectivity index is 1.69. The monoisotopic (exact) mass is 905 g/mol. The number of esters is 1. The summed E-state index contributed by atoms with van der Waals surface area (Å²) in [5.41, 5.74) is 0. The van der Waals surface area contributed by atoms with Crippen molar-refractivity contribution in [2.75, 3.05) is 51.6 Å². The number of carbonyl (C=O) groups is 2. The number of nitrogens with zero attached hydrogens (tertiary/aromatic N) is 2. The van der Waals surface area contributed by atoms with Gasteiger partial charge < -0.3 is 25.2 Å². The number of carbonyl (C=O) groups excluding carboxylic acids is 2. The van der Waals surface area contributed by atoms with Crippen LogP contribution in [0.4, 0.5) is 4.79 Å². The van der Waals surface area contributed by atoms with Crippen LogP contribution in [0.1, 0.15) is 271 Å². The number of rotatable bonds is 49. The van der Waals surface area contributed by atoms with Gasteiger partial charge in [0.2, 0.25) is 0 Å². The van der Waals surface area contributed by atoms with Gasteiger partial charge in [-0.3, -0.25) is 4.79 Å². The van der Waals surface area contributed by atoms with E-state index in [9.17, 15) is 9.59 Å². The Hall–Kier alpha value is -0.990. The summed E-state index contributed by atoms with van der Waals surface area (Å²) in [5, 5.41) is 6.55. The maximum absolute atomic E-state index is 12.4. The number of fused-ring (bicyclic) bond motifs is 1. The van der Waals surface area contributed by atoms with Gasteiger partial charge in [0.15, 0.2) is 0 Å². The first kappa shape index (κ1) is 58.1. The summed E-state index contributed by atoms with van der Waals surface area (Å²) in [7, 11) is 0. The minimum atomic E-state index is -0.0409. The van der Waals surface area contributed by atoms with E-state index >= 15 is 0 Å². The van der Waals surface area contributed by atoms with Crippen LogP contribution in [0.3, 0.4) is 0 Å². The van der Waals surface area contributed by atoms with Crippen molar-refractivity contribution in [3.05, 3.63) is 0 Å². The van der Waals surface area contributed by atoms with E-state index in [1.165, 1.54) is 251 Å². The number of amides is 2. The van der Waals surface area contributed by atoms with Gasteiger partial charge in [-0.1, -0.05) is 213 Å². The Bertz CT molecular complexity index is 994. The molecule has 8 heteroatoms. The zero-order chi connectivity index (χ0) is 45.1. The van der Waals surface area contributed by atoms with Crippen LogP contribution >= 0.6 is 11.8 Å². The smallest absolute Gasteiger partial charge is 0.315 e. The van der Waals surface area contributed by atoms with Gasteiger partial charge in [0.05, 0.1) is 18.7 Å². The highest BCUT2D eigenvalue weighted by Gasteiger charge is 2.42. The van der Waals surface area contributed by atoms with E-state index in [0.29, 0.717) is 18.3 Å². The Morgan fingerprint density at radius 3 is 1.25 bits per heavy atom. The molecule has 0 bridgehead atoms. The molecule has 0 aromatic heterocycles. The van der Waals surface area contributed by atoms with E-state index in [1.807, 2.05) is 11.8 Å². The summed E-state index contributed by atoms with van der Waals surface area (Å²) >= 11 is 1.95. The zero-order valence-electron chi connectivity index (χ0n) is 42.5. The predicted molar refractivity (Wildman–Crippen MR) is 276 cm³/mol. The molecular weight excluding hydrogens is 797 g/mol. The van der Waals surface area contributed by atoms with E-state index in [4.69, 9.17) is 4.74 Å². The third-order valence-corrected chi connectivity index (χ3v) is 15.6. The fourth-order valence-corrected chi connectivity index (χ4v) is 11.5. The molecule has 0 radical (unpaired) electrons. The molecule has 2 aliphatic rings. The number of hydrogen-bond donors (Lipinski definition) is 2. The van der Waals surface area contributed by atoms with Crippen molar-refractivity contribution in [2.45, 2.75) is 289 Å². The molecule has 0 aliphatic carbocycles. The fourth-order valence-electron chi connectivity index (χ4n) is 9.96. The summed E-state index contributed by atoms with van der Waals surface area (Å²) in [5.74, 6) is 0.950. The molecule has 2 rings (SSSR count). The molecule has 63 heavy (non-hydrogen) atoms. The average Bonchev–Trinajstić information content (AvgIpc) is 3.84. The SMILES string of the molecule is CCCCCCCCCCCCN(CCCCCCCCCCCC)CCCN(CCCCCCCCCCCC)CCCCCCOC(=O)CCCCC1SCC2NC(=O)NC21. The summed E-state index contributed by atoms with van der Waals surface area (Å²) < 4.78 is 5.63. The van der Waals surface area contributed by atoms with Gasteiger partial charge in [0, 0.05) is 17.4 Å². The first-order valence-corrected chi connectivity index (χ1v) is 29.4. The Kier molecular flexibility index (Phi) is 40.2. The summed E-state index contributed by atoms with van der Waals surface area (Å²) in [4.78, 5) is 29.7. The second kappa shape index (κ2) is 43.6. The van der Waals surface area contributed by atoms with Gasteiger partial charge in [-0.15, -0.1) is 0 Å². The number of thioether (sulfide) groups is 1. The molecule has 2 amide bonds.